The molecule has 0 unspecified atom stereocenters. The molecule has 2 rings (SSSR count). The second-order valence-electron chi connectivity index (χ2n) is 6.44. The zero-order chi connectivity index (χ0) is 20.9. The van der Waals surface area contributed by atoms with Gasteiger partial charge < -0.3 is 9.80 Å². The number of carbonyl (C=O) groups excluding carboxylic acids is 1. The predicted octanol–water partition coefficient (Wildman–Crippen LogP) is 4.37. The molecule has 0 saturated heterocycles. The molecule has 0 aliphatic rings. The largest absolute Gasteiger partial charge is 0.432 e. The minimum atomic E-state index is -4.58. The molecule has 0 saturated carbocycles. The number of nitrogens with zero attached hydrogens (tertiary/aromatic N) is 3. The van der Waals surface area contributed by atoms with Crippen molar-refractivity contribution < 1.29 is 18.0 Å². The number of rotatable bonds is 8. The molecule has 1 aromatic carbocycles. The van der Waals surface area contributed by atoms with Gasteiger partial charge in [0.25, 0.3) is 5.91 Å². The van der Waals surface area contributed by atoms with Crippen molar-refractivity contribution in [2.75, 3.05) is 26.2 Å². The highest BCUT2D eigenvalue weighted by Gasteiger charge is 2.34. The first kappa shape index (κ1) is 22.2. The van der Waals surface area contributed by atoms with E-state index in [1.807, 2.05) is 31.9 Å². The zero-order valence-corrected chi connectivity index (χ0v) is 16.9. The van der Waals surface area contributed by atoms with Crippen LogP contribution in [0.15, 0.2) is 24.3 Å². The van der Waals surface area contributed by atoms with Crippen LogP contribution in [0, 0.1) is 6.92 Å². The van der Waals surface area contributed by atoms with Gasteiger partial charge >= 0.3 is 6.18 Å². The summed E-state index contributed by atoms with van der Waals surface area (Å²) in [5.74, 6) is -0.557. The number of aromatic amines is 1. The van der Waals surface area contributed by atoms with Crippen LogP contribution in [0.25, 0.3) is 0 Å². The Bertz CT molecular complexity index is 803. The average Bonchev–Trinajstić information content (AvgIpc) is 3.15. The Morgan fingerprint density at radius 2 is 1.89 bits per heavy atom. The molecule has 28 heavy (non-hydrogen) atoms. The van der Waals surface area contributed by atoms with Gasteiger partial charge in [-0.15, -0.1) is 0 Å². The third-order valence-electron chi connectivity index (χ3n) is 4.71. The molecule has 154 valence electrons. The average molecular weight is 417 g/mol. The van der Waals surface area contributed by atoms with E-state index in [-0.39, 0.29) is 12.2 Å². The monoisotopic (exact) mass is 416 g/mol. The van der Waals surface area contributed by atoms with Crippen molar-refractivity contribution in [1.29, 1.82) is 0 Å². The van der Waals surface area contributed by atoms with Crippen LogP contribution >= 0.6 is 11.6 Å². The van der Waals surface area contributed by atoms with E-state index in [0.29, 0.717) is 18.1 Å². The van der Waals surface area contributed by atoms with Crippen molar-refractivity contribution in [3.63, 3.8) is 0 Å². The Kier molecular flexibility index (Phi) is 7.48. The fourth-order valence-electron chi connectivity index (χ4n) is 2.82. The van der Waals surface area contributed by atoms with Gasteiger partial charge in [0.2, 0.25) is 0 Å². The number of alkyl halides is 3. The molecule has 1 aromatic heterocycles. The van der Waals surface area contributed by atoms with E-state index in [0.717, 1.165) is 30.3 Å². The Labute approximate surface area is 167 Å². The summed E-state index contributed by atoms with van der Waals surface area (Å²) >= 11 is 6.17. The molecular weight excluding hydrogens is 393 g/mol. The Hall–Kier alpha value is -2.06. The van der Waals surface area contributed by atoms with Gasteiger partial charge in [-0.1, -0.05) is 37.6 Å². The van der Waals surface area contributed by atoms with E-state index in [4.69, 9.17) is 11.6 Å². The van der Waals surface area contributed by atoms with Crippen LogP contribution in [0.1, 0.15) is 41.2 Å². The number of aromatic nitrogens is 2. The molecule has 0 bridgehead atoms. The van der Waals surface area contributed by atoms with Gasteiger partial charge in [-0.3, -0.25) is 9.89 Å². The van der Waals surface area contributed by atoms with Crippen LogP contribution < -0.4 is 0 Å². The maximum Gasteiger partial charge on any atom is 0.432 e. The first-order valence-electron chi connectivity index (χ1n) is 9.05. The molecule has 0 spiro atoms. The molecule has 0 aliphatic heterocycles. The van der Waals surface area contributed by atoms with Crippen molar-refractivity contribution in [1.82, 2.24) is 20.0 Å². The minimum Gasteiger partial charge on any atom is -0.332 e. The van der Waals surface area contributed by atoms with Gasteiger partial charge in [0.05, 0.1) is 0 Å². The van der Waals surface area contributed by atoms with Crippen LogP contribution in [-0.2, 0) is 12.7 Å². The first-order chi connectivity index (χ1) is 13.2. The van der Waals surface area contributed by atoms with Gasteiger partial charge in [0.15, 0.2) is 5.69 Å². The molecule has 9 heteroatoms. The predicted molar refractivity (Wildman–Crippen MR) is 102 cm³/mol. The molecule has 0 radical (unpaired) electrons. The molecule has 1 heterocycles. The molecular formula is C19H24ClF3N4O. The maximum absolute atomic E-state index is 12.9. The van der Waals surface area contributed by atoms with Crippen molar-refractivity contribution in [3.05, 3.63) is 51.8 Å². The van der Waals surface area contributed by atoms with E-state index >= 15 is 0 Å². The summed E-state index contributed by atoms with van der Waals surface area (Å²) in [7, 11) is 0. The highest BCUT2D eigenvalue weighted by atomic mass is 35.5. The van der Waals surface area contributed by atoms with Gasteiger partial charge in [-0.25, -0.2) is 0 Å². The molecule has 1 amide bonds. The lowest BCUT2D eigenvalue weighted by Crippen LogP contribution is -2.38. The van der Waals surface area contributed by atoms with Gasteiger partial charge in [-0.2, -0.15) is 18.3 Å². The number of hydrogen-bond acceptors (Lipinski definition) is 3. The van der Waals surface area contributed by atoms with E-state index in [1.54, 1.807) is 12.1 Å². The lowest BCUT2D eigenvalue weighted by atomic mass is 10.1. The smallest absolute Gasteiger partial charge is 0.332 e. The number of benzene rings is 1. The molecule has 5 nitrogen and oxygen atoms in total. The Morgan fingerprint density at radius 3 is 2.46 bits per heavy atom. The quantitative estimate of drug-likeness (QED) is 0.695. The summed E-state index contributed by atoms with van der Waals surface area (Å²) in [5.41, 5.74) is 0.375. The minimum absolute atomic E-state index is 0.237. The number of amides is 1. The molecule has 2 aromatic rings. The molecule has 1 N–H and O–H groups in total. The van der Waals surface area contributed by atoms with Gasteiger partial charge in [-0.05, 0) is 37.2 Å². The number of nitrogens with one attached hydrogen (secondary N) is 1. The standard InChI is InChI=1S/C19H24ClF3N4O/c1-4-26(5-2)9-10-27(12-14-7-6-8-15(20)13(14)3)18(28)16-11-17(25-24-16)19(21,22)23/h6-8,11H,4-5,9-10,12H2,1-3H3,(H,24,25). The van der Waals surface area contributed by atoms with Crippen molar-refractivity contribution in [2.45, 2.75) is 33.5 Å². The number of carbonyl (C=O) groups is 1. The van der Waals surface area contributed by atoms with Crippen molar-refractivity contribution >= 4 is 17.5 Å². The lowest BCUT2D eigenvalue weighted by Gasteiger charge is -2.26. The summed E-state index contributed by atoms with van der Waals surface area (Å²) in [6, 6.07) is 6.14. The zero-order valence-electron chi connectivity index (χ0n) is 16.1. The number of halogens is 4. The highest BCUT2D eigenvalue weighted by Crippen LogP contribution is 2.28. The Morgan fingerprint density at radius 1 is 1.21 bits per heavy atom. The molecule has 0 atom stereocenters. The van der Waals surface area contributed by atoms with Crippen LogP contribution in [0.5, 0.6) is 0 Å². The number of hydrogen-bond donors (Lipinski definition) is 1. The van der Waals surface area contributed by atoms with Crippen molar-refractivity contribution in [2.24, 2.45) is 0 Å². The molecule has 0 aliphatic carbocycles. The number of H-pyrrole nitrogens is 1. The van der Waals surface area contributed by atoms with Crippen LogP contribution in [-0.4, -0.2) is 52.1 Å². The first-order valence-corrected chi connectivity index (χ1v) is 9.43. The lowest BCUT2D eigenvalue weighted by molar-refractivity contribution is -0.141. The third kappa shape index (κ3) is 5.48. The van der Waals surface area contributed by atoms with E-state index in [2.05, 4.69) is 10.00 Å². The fourth-order valence-corrected chi connectivity index (χ4v) is 3.02. The molecule has 0 fully saturated rings. The van der Waals surface area contributed by atoms with Gasteiger partial charge in [0.1, 0.15) is 5.69 Å². The van der Waals surface area contributed by atoms with Crippen LogP contribution in [0.3, 0.4) is 0 Å². The topological polar surface area (TPSA) is 52.2 Å². The van der Waals surface area contributed by atoms with E-state index < -0.39 is 17.8 Å². The van der Waals surface area contributed by atoms with E-state index in [1.165, 1.54) is 4.90 Å². The highest BCUT2D eigenvalue weighted by molar-refractivity contribution is 6.31. The Balaban J connectivity index is 2.27. The maximum atomic E-state index is 12.9. The fraction of sp³-hybridized carbons (Fsp3) is 0.474. The second kappa shape index (κ2) is 9.43. The van der Waals surface area contributed by atoms with Crippen LogP contribution in [0.2, 0.25) is 5.02 Å². The summed E-state index contributed by atoms with van der Waals surface area (Å²) in [6.45, 7) is 8.71. The second-order valence-corrected chi connectivity index (χ2v) is 6.85. The summed E-state index contributed by atoms with van der Waals surface area (Å²) < 4.78 is 38.5. The summed E-state index contributed by atoms with van der Waals surface area (Å²) in [4.78, 5) is 16.5. The summed E-state index contributed by atoms with van der Waals surface area (Å²) in [5, 5.41) is 6.05. The summed E-state index contributed by atoms with van der Waals surface area (Å²) in [6.07, 6.45) is -4.58. The van der Waals surface area contributed by atoms with Crippen molar-refractivity contribution in [3.8, 4) is 0 Å². The normalized spacial score (nSPS) is 11.9. The number of likely N-dealkylation sites (N-methyl/N-ethyl adjacent to an activating group) is 1. The van der Waals surface area contributed by atoms with Gasteiger partial charge in [0, 0.05) is 30.7 Å². The van der Waals surface area contributed by atoms with Crippen LogP contribution in [0.4, 0.5) is 13.2 Å². The van der Waals surface area contributed by atoms with E-state index in [9.17, 15) is 18.0 Å². The SMILES string of the molecule is CCN(CC)CCN(Cc1cccc(Cl)c1C)C(=O)c1cc(C(F)(F)F)[nH]n1. The third-order valence-corrected chi connectivity index (χ3v) is 5.12.